The maximum Gasteiger partial charge on any atom is 0.297 e. The normalized spacial score (nSPS) is 11.3. The van der Waals surface area contributed by atoms with Crippen molar-refractivity contribution in [2.75, 3.05) is 11.1 Å². The van der Waals surface area contributed by atoms with Crippen LogP contribution in [0.1, 0.15) is 19.8 Å². The summed E-state index contributed by atoms with van der Waals surface area (Å²) in [6, 6.07) is 14.5. The van der Waals surface area contributed by atoms with Crippen molar-refractivity contribution >= 4 is 57.0 Å². The molecule has 6 nitrogen and oxygen atoms in total. The van der Waals surface area contributed by atoms with Gasteiger partial charge in [-0.2, -0.15) is 0 Å². The molecule has 0 aliphatic rings. The fraction of sp³-hybridized carbons (Fsp3) is 0.227. The minimum atomic E-state index is -0.223. The van der Waals surface area contributed by atoms with Gasteiger partial charge in [0.2, 0.25) is 11.5 Å². The summed E-state index contributed by atoms with van der Waals surface area (Å²) in [5.74, 6) is -0.119. The topological polar surface area (TPSA) is 77.1 Å². The maximum absolute atomic E-state index is 13.1. The van der Waals surface area contributed by atoms with Gasteiger partial charge in [-0.15, -0.1) is 0 Å². The van der Waals surface area contributed by atoms with E-state index in [1.807, 2.05) is 24.3 Å². The molecule has 2 aromatic carbocycles. The van der Waals surface area contributed by atoms with Crippen LogP contribution < -0.4 is 10.9 Å². The number of nitrogens with one attached hydrogen (secondary N) is 1. The van der Waals surface area contributed by atoms with Crippen LogP contribution in [-0.2, 0) is 11.3 Å². The smallest absolute Gasteiger partial charge is 0.297 e. The highest BCUT2D eigenvalue weighted by atomic mass is 35.5. The summed E-state index contributed by atoms with van der Waals surface area (Å²) in [6.45, 7) is 2.58. The molecule has 4 rings (SSSR count). The number of carbonyl (C=O) groups excluding carboxylic acids is 1. The second-order valence-corrected chi connectivity index (χ2v) is 8.15. The molecule has 2 aromatic heterocycles. The number of aromatic nitrogens is 2. The van der Waals surface area contributed by atoms with E-state index in [0.717, 1.165) is 18.2 Å². The lowest BCUT2D eigenvalue weighted by Crippen LogP contribution is -2.24. The number of carbonyl (C=O) groups is 1. The Kier molecular flexibility index (Phi) is 6.11. The van der Waals surface area contributed by atoms with E-state index in [9.17, 15) is 9.59 Å². The van der Waals surface area contributed by atoms with Gasteiger partial charge in [-0.25, -0.2) is 4.98 Å². The van der Waals surface area contributed by atoms with E-state index < -0.39 is 0 Å². The number of hydrogen-bond donors (Lipinski definition) is 1. The Balaban J connectivity index is 1.66. The van der Waals surface area contributed by atoms with Gasteiger partial charge < -0.3 is 9.73 Å². The number of unbranched alkanes of at least 4 members (excludes halogenated alkanes) is 1. The van der Waals surface area contributed by atoms with Crippen molar-refractivity contribution in [3.63, 3.8) is 0 Å². The molecule has 154 valence electrons. The Morgan fingerprint density at radius 3 is 2.77 bits per heavy atom. The molecular formula is C22H20ClN3O3S. The van der Waals surface area contributed by atoms with Gasteiger partial charge in [-0.05, 0) is 30.7 Å². The van der Waals surface area contributed by atoms with Gasteiger partial charge >= 0.3 is 0 Å². The number of benzene rings is 2. The van der Waals surface area contributed by atoms with Gasteiger partial charge in [-0.1, -0.05) is 61.0 Å². The number of thioether (sulfide) groups is 1. The van der Waals surface area contributed by atoms with Crippen LogP contribution in [0, 0.1) is 0 Å². The first kappa shape index (κ1) is 20.5. The first-order chi connectivity index (χ1) is 14.6. The van der Waals surface area contributed by atoms with Crippen LogP contribution in [0.2, 0.25) is 5.02 Å². The van der Waals surface area contributed by atoms with E-state index in [-0.39, 0.29) is 22.8 Å². The first-order valence-electron chi connectivity index (χ1n) is 9.67. The zero-order valence-corrected chi connectivity index (χ0v) is 17.9. The number of furan rings is 1. The lowest BCUT2D eigenvalue weighted by Gasteiger charge is -2.11. The fourth-order valence-electron chi connectivity index (χ4n) is 3.16. The van der Waals surface area contributed by atoms with Crippen LogP contribution in [-0.4, -0.2) is 21.2 Å². The third-order valence-corrected chi connectivity index (χ3v) is 5.97. The van der Waals surface area contributed by atoms with Gasteiger partial charge in [0.1, 0.15) is 11.1 Å². The summed E-state index contributed by atoms with van der Waals surface area (Å²) in [5, 5.41) is 4.55. The van der Waals surface area contributed by atoms with Crippen molar-refractivity contribution in [1.82, 2.24) is 9.55 Å². The molecule has 8 heteroatoms. The van der Waals surface area contributed by atoms with Gasteiger partial charge in [0.05, 0.1) is 16.5 Å². The Bertz CT molecular complexity index is 1280. The lowest BCUT2D eigenvalue weighted by molar-refractivity contribution is -0.113. The summed E-state index contributed by atoms with van der Waals surface area (Å²) in [4.78, 5) is 30.3. The number of amides is 1. The summed E-state index contributed by atoms with van der Waals surface area (Å²) in [6.07, 6.45) is 1.76. The Morgan fingerprint density at radius 1 is 1.20 bits per heavy atom. The van der Waals surface area contributed by atoms with E-state index in [0.29, 0.717) is 33.5 Å². The molecule has 0 radical (unpaired) electrons. The van der Waals surface area contributed by atoms with Gasteiger partial charge in [0.15, 0.2) is 5.16 Å². The van der Waals surface area contributed by atoms with Crippen LogP contribution in [0.4, 0.5) is 5.69 Å². The summed E-state index contributed by atoms with van der Waals surface area (Å²) >= 11 is 7.33. The highest BCUT2D eigenvalue weighted by Crippen LogP contribution is 2.28. The second kappa shape index (κ2) is 8.93. The average Bonchev–Trinajstić information content (AvgIpc) is 3.12. The fourth-order valence-corrected chi connectivity index (χ4v) is 4.16. The van der Waals surface area contributed by atoms with E-state index in [4.69, 9.17) is 21.0 Å². The standard InChI is InChI=1S/C22H20ClN3O3S/c1-2-3-12-26-21(28)20-19(14-8-4-7-11-17(14)29-20)25-22(26)30-13-18(27)24-16-10-6-5-9-15(16)23/h4-11H,2-3,12-13H2,1H3,(H,24,27). The molecule has 0 fully saturated rings. The molecule has 0 saturated carbocycles. The molecule has 1 N–H and O–H groups in total. The van der Waals surface area contributed by atoms with E-state index in [1.54, 1.807) is 28.8 Å². The minimum absolute atomic E-state index is 0.102. The third kappa shape index (κ3) is 4.08. The highest BCUT2D eigenvalue weighted by Gasteiger charge is 2.18. The van der Waals surface area contributed by atoms with Crippen LogP contribution in [0.15, 0.2) is 62.9 Å². The molecule has 0 aliphatic carbocycles. The molecule has 2 heterocycles. The molecule has 30 heavy (non-hydrogen) atoms. The van der Waals surface area contributed by atoms with Crippen molar-refractivity contribution in [3.8, 4) is 0 Å². The maximum atomic E-state index is 13.1. The zero-order valence-electron chi connectivity index (χ0n) is 16.4. The zero-order chi connectivity index (χ0) is 21.1. The number of halogens is 1. The number of hydrogen-bond acceptors (Lipinski definition) is 5. The number of para-hydroxylation sites is 2. The van der Waals surface area contributed by atoms with Crippen LogP contribution in [0.3, 0.4) is 0 Å². The van der Waals surface area contributed by atoms with Gasteiger partial charge in [-0.3, -0.25) is 14.2 Å². The number of anilines is 1. The Morgan fingerprint density at radius 2 is 1.97 bits per heavy atom. The first-order valence-corrected chi connectivity index (χ1v) is 11.0. The predicted molar refractivity (Wildman–Crippen MR) is 121 cm³/mol. The van der Waals surface area contributed by atoms with Gasteiger partial charge in [0, 0.05) is 11.9 Å². The molecule has 0 unspecified atom stereocenters. The van der Waals surface area contributed by atoms with Crippen molar-refractivity contribution in [2.45, 2.75) is 31.5 Å². The van der Waals surface area contributed by atoms with Crippen molar-refractivity contribution in [2.24, 2.45) is 0 Å². The largest absolute Gasteiger partial charge is 0.448 e. The minimum Gasteiger partial charge on any atom is -0.448 e. The van der Waals surface area contributed by atoms with E-state index in [2.05, 4.69) is 12.2 Å². The quantitative estimate of drug-likeness (QED) is 0.310. The second-order valence-electron chi connectivity index (χ2n) is 6.80. The van der Waals surface area contributed by atoms with E-state index in [1.165, 1.54) is 11.8 Å². The van der Waals surface area contributed by atoms with Gasteiger partial charge in [0.25, 0.3) is 5.56 Å². The SMILES string of the molecule is CCCCn1c(SCC(=O)Nc2ccccc2Cl)nc2c(oc3ccccc32)c1=O. The highest BCUT2D eigenvalue weighted by molar-refractivity contribution is 7.99. The molecule has 1 amide bonds. The molecule has 0 spiro atoms. The molecule has 4 aromatic rings. The number of nitrogens with zero attached hydrogens (tertiary/aromatic N) is 2. The Labute approximate surface area is 182 Å². The molecule has 0 bridgehead atoms. The molecule has 0 aliphatic heterocycles. The summed E-state index contributed by atoms with van der Waals surface area (Å²) in [5.41, 5.74) is 1.73. The van der Waals surface area contributed by atoms with Crippen molar-refractivity contribution < 1.29 is 9.21 Å². The van der Waals surface area contributed by atoms with E-state index >= 15 is 0 Å². The lowest BCUT2D eigenvalue weighted by atomic mass is 10.2. The summed E-state index contributed by atoms with van der Waals surface area (Å²) < 4.78 is 7.38. The third-order valence-electron chi connectivity index (χ3n) is 4.66. The van der Waals surface area contributed by atoms with Crippen LogP contribution in [0.25, 0.3) is 22.1 Å². The average molecular weight is 442 g/mol. The molecule has 0 saturated heterocycles. The molecule has 0 atom stereocenters. The van der Waals surface area contributed by atoms with Crippen molar-refractivity contribution in [1.29, 1.82) is 0 Å². The predicted octanol–water partition coefficient (Wildman–Crippen LogP) is 5.33. The Hall–Kier alpha value is -2.77. The number of rotatable bonds is 7. The van der Waals surface area contributed by atoms with Crippen LogP contribution >= 0.6 is 23.4 Å². The summed E-state index contributed by atoms with van der Waals surface area (Å²) in [7, 11) is 0. The number of fused-ring (bicyclic) bond motifs is 3. The molecular weight excluding hydrogens is 422 g/mol. The van der Waals surface area contributed by atoms with Crippen LogP contribution in [0.5, 0.6) is 0 Å². The van der Waals surface area contributed by atoms with Crippen molar-refractivity contribution in [3.05, 3.63) is 63.9 Å². The monoisotopic (exact) mass is 441 g/mol.